The average molecular weight is 245 g/mol. The Bertz CT molecular complexity index is 309. The van der Waals surface area contributed by atoms with Crippen LogP contribution in [0.3, 0.4) is 0 Å². The summed E-state index contributed by atoms with van der Waals surface area (Å²) in [6.45, 7) is 6.63. The Labute approximate surface area is 101 Å². The third-order valence-corrected chi connectivity index (χ3v) is 3.32. The van der Waals surface area contributed by atoms with E-state index in [4.69, 9.17) is 9.47 Å². The maximum Gasteiger partial charge on any atom is 0.410 e. The molecule has 0 N–H and O–H groups in total. The lowest BCUT2D eigenvalue weighted by molar-refractivity contribution is -0.206. The number of piperidine rings is 1. The first-order valence-electron chi connectivity index (χ1n) is 6.08. The third kappa shape index (κ3) is 2.54. The Morgan fingerprint density at radius 1 is 1.47 bits per heavy atom. The topological polar surface area (TPSA) is 38.8 Å². The molecule has 2 atom stereocenters. The molecule has 0 aromatic rings. The standard InChI is InChI=1S/C12H20FNO3/c1-11(2,3)17-10(15)14-6-4-12(5-7-16-12)9(13)8-14/h9H,4-8H2,1-3H3/t9?,12-/m0/s1. The summed E-state index contributed by atoms with van der Waals surface area (Å²) >= 11 is 0. The van der Waals surface area contributed by atoms with Gasteiger partial charge in [-0.2, -0.15) is 0 Å². The molecule has 0 bridgehead atoms. The van der Waals surface area contributed by atoms with Crippen molar-refractivity contribution in [1.82, 2.24) is 4.90 Å². The molecule has 1 spiro atoms. The highest BCUT2D eigenvalue weighted by atomic mass is 19.1. The number of ether oxygens (including phenoxy) is 2. The van der Waals surface area contributed by atoms with Crippen molar-refractivity contribution in [3.05, 3.63) is 0 Å². The smallest absolute Gasteiger partial charge is 0.410 e. The predicted octanol–water partition coefficient (Wildman–Crippen LogP) is 2.12. The number of halogens is 1. The van der Waals surface area contributed by atoms with Gasteiger partial charge in [0, 0.05) is 13.0 Å². The van der Waals surface area contributed by atoms with E-state index in [0.717, 1.165) is 6.42 Å². The molecule has 2 heterocycles. The second-order valence-corrected chi connectivity index (χ2v) is 5.81. The zero-order valence-corrected chi connectivity index (χ0v) is 10.7. The molecule has 0 aromatic heterocycles. The molecule has 1 amide bonds. The van der Waals surface area contributed by atoms with Gasteiger partial charge in [0.25, 0.3) is 0 Å². The van der Waals surface area contributed by atoms with Crippen LogP contribution in [0, 0.1) is 0 Å². The number of hydrogen-bond donors (Lipinski definition) is 0. The molecule has 5 heteroatoms. The minimum Gasteiger partial charge on any atom is -0.444 e. The molecule has 0 aromatic carbocycles. The van der Waals surface area contributed by atoms with Crippen LogP contribution in [-0.2, 0) is 9.47 Å². The monoisotopic (exact) mass is 245 g/mol. The Hall–Kier alpha value is -0.840. The number of rotatable bonds is 0. The molecule has 2 rings (SSSR count). The highest BCUT2D eigenvalue weighted by Gasteiger charge is 2.50. The van der Waals surface area contributed by atoms with Crippen LogP contribution in [0.25, 0.3) is 0 Å². The van der Waals surface area contributed by atoms with Crippen LogP contribution in [0.15, 0.2) is 0 Å². The van der Waals surface area contributed by atoms with E-state index in [1.165, 1.54) is 4.90 Å². The first-order chi connectivity index (χ1) is 7.82. The average Bonchev–Trinajstić information content (AvgIpc) is 2.12. The highest BCUT2D eigenvalue weighted by Crippen LogP contribution is 2.38. The van der Waals surface area contributed by atoms with Gasteiger partial charge < -0.3 is 14.4 Å². The van der Waals surface area contributed by atoms with Crippen molar-refractivity contribution in [1.29, 1.82) is 0 Å². The fourth-order valence-electron chi connectivity index (χ4n) is 2.23. The lowest BCUT2D eigenvalue weighted by atomic mass is 9.83. The molecule has 2 fully saturated rings. The molecule has 0 radical (unpaired) electrons. The minimum atomic E-state index is -1.10. The van der Waals surface area contributed by atoms with Crippen molar-refractivity contribution in [3.8, 4) is 0 Å². The molecular weight excluding hydrogens is 225 g/mol. The van der Waals surface area contributed by atoms with E-state index in [2.05, 4.69) is 0 Å². The van der Waals surface area contributed by atoms with Crippen LogP contribution in [0.5, 0.6) is 0 Å². The van der Waals surface area contributed by atoms with E-state index in [0.29, 0.717) is 19.6 Å². The van der Waals surface area contributed by atoms with Gasteiger partial charge in [-0.05, 0) is 27.2 Å². The van der Waals surface area contributed by atoms with Crippen molar-refractivity contribution < 1.29 is 18.7 Å². The second kappa shape index (κ2) is 4.12. The summed E-state index contributed by atoms with van der Waals surface area (Å²) in [5, 5.41) is 0. The first kappa shape index (κ1) is 12.6. The van der Waals surface area contributed by atoms with E-state index < -0.39 is 23.5 Å². The molecule has 2 aliphatic rings. The molecule has 4 nitrogen and oxygen atoms in total. The van der Waals surface area contributed by atoms with Crippen molar-refractivity contribution in [2.24, 2.45) is 0 Å². The highest BCUT2D eigenvalue weighted by molar-refractivity contribution is 5.68. The van der Waals surface area contributed by atoms with Gasteiger partial charge in [-0.3, -0.25) is 0 Å². The second-order valence-electron chi connectivity index (χ2n) is 5.81. The van der Waals surface area contributed by atoms with E-state index in [-0.39, 0.29) is 6.54 Å². The lowest BCUT2D eigenvalue weighted by Gasteiger charge is -2.49. The summed E-state index contributed by atoms with van der Waals surface area (Å²) in [7, 11) is 0. The van der Waals surface area contributed by atoms with Gasteiger partial charge in [0.05, 0.1) is 13.2 Å². The van der Waals surface area contributed by atoms with E-state index in [9.17, 15) is 9.18 Å². The maximum absolute atomic E-state index is 14.0. The minimum absolute atomic E-state index is 0.0783. The molecule has 98 valence electrons. The van der Waals surface area contributed by atoms with Crippen LogP contribution in [0.2, 0.25) is 0 Å². The summed E-state index contributed by atoms with van der Waals surface area (Å²) in [5.74, 6) is 0. The zero-order chi connectivity index (χ0) is 12.7. The Balaban J connectivity index is 1.91. The van der Waals surface area contributed by atoms with Gasteiger partial charge in [-0.1, -0.05) is 0 Å². The Morgan fingerprint density at radius 2 is 2.12 bits per heavy atom. The van der Waals surface area contributed by atoms with E-state index in [1.807, 2.05) is 0 Å². The van der Waals surface area contributed by atoms with Crippen LogP contribution >= 0.6 is 0 Å². The van der Waals surface area contributed by atoms with Crippen LogP contribution < -0.4 is 0 Å². The predicted molar refractivity (Wildman–Crippen MR) is 60.6 cm³/mol. The fraction of sp³-hybridized carbons (Fsp3) is 0.917. The third-order valence-electron chi connectivity index (χ3n) is 3.32. The van der Waals surface area contributed by atoms with Crippen LogP contribution in [-0.4, -0.2) is 48.1 Å². The summed E-state index contributed by atoms with van der Waals surface area (Å²) < 4.78 is 24.5. The summed E-state index contributed by atoms with van der Waals surface area (Å²) in [4.78, 5) is 13.2. The molecule has 0 saturated carbocycles. The molecule has 1 unspecified atom stereocenters. The summed E-state index contributed by atoms with van der Waals surface area (Å²) in [6.07, 6.45) is -0.212. The van der Waals surface area contributed by atoms with Crippen molar-refractivity contribution in [2.45, 2.75) is 51.0 Å². The van der Waals surface area contributed by atoms with E-state index in [1.54, 1.807) is 20.8 Å². The van der Waals surface area contributed by atoms with Gasteiger partial charge in [0.2, 0.25) is 0 Å². The van der Waals surface area contributed by atoms with Gasteiger partial charge >= 0.3 is 6.09 Å². The quantitative estimate of drug-likeness (QED) is 0.656. The summed E-state index contributed by atoms with van der Waals surface area (Å²) in [5.41, 5.74) is -1.15. The lowest BCUT2D eigenvalue weighted by Crippen LogP contribution is -2.61. The van der Waals surface area contributed by atoms with Crippen LogP contribution in [0.1, 0.15) is 33.6 Å². The number of amides is 1. The van der Waals surface area contributed by atoms with Gasteiger partial charge in [0.15, 0.2) is 0 Å². The van der Waals surface area contributed by atoms with E-state index >= 15 is 0 Å². The molecule has 2 aliphatic heterocycles. The number of nitrogens with zero attached hydrogens (tertiary/aromatic N) is 1. The number of likely N-dealkylation sites (tertiary alicyclic amines) is 1. The number of alkyl halides is 1. The van der Waals surface area contributed by atoms with Crippen molar-refractivity contribution >= 4 is 6.09 Å². The molecule has 17 heavy (non-hydrogen) atoms. The zero-order valence-electron chi connectivity index (χ0n) is 10.7. The maximum atomic E-state index is 14.0. The van der Waals surface area contributed by atoms with Crippen LogP contribution in [0.4, 0.5) is 9.18 Å². The van der Waals surface area contributed by atoms with Gasteiger partial charge in [-0.25, -0.2) is 9.18 Å². The Kier molecular flexibility index (Phi) is 3.06. The Morgan fingerprint density at radius 3 is 2.53 bits per heavy atom. The summed E-state index contributed by atoms with van der Waals surface area (Å²) in [6, 6.07) is 0. The SMILES string of the molecule is CC(C)(C)OC(=O)N1CC[C@]2(CCO2)C(F)C1. The fourth-order valence-corrected chi connectivity index (χ4v) is 2.23. The molecule has 2 saturated heterocycles. The van der Waals surface area contributed by atoms with Crippen molar-refractivity contribution in [2.75, 3.05) is 19.7 Å². The largest absolute Gasteiger partial charge is 0.444 e. The molecular formula is C12H20FNO3. The molecule has 0 aliphatic carbocycles. The number of carbonyl (C=O) groups excluding carboxylic acids is 1. The van der Waals surface area contributed by atoms with Crippen molar-refractivity contribution in [3.63, 3.8) is 0 Å². The van der Waals surface area contributed by atoms with Gasteiger partial charge in [-0.15, -0.1) is 0 Å². The number of carbonyl (C=O) groups is 1. The number of hydrogen-bond acceptors (Lipinski definition) is 3. The normalized spacial score (nSPS) is 33.4. The first-order valence-corrected chi connectivity index (χ1v) is 6.08. The van der Waals surface area contributed by atoms with Gasteiger partial charge in [0.1, 0.15) is 17.4 Å².